The number of thiophene rings is 1. The molecule has 0 spiro atoms. The molecule has 0 aromatic carbocycles. The SMILES string of the molecule is CCOC(=O)c1c(NC(=O)C(C)C)sc2c1CC[C@H](C(C)(C)CC)C2. The highest BCUT2D eigenvalue weighted by Gasteiger charge is 2.35. The average Bonchev–Trinajstić information content (AvgIpc) is 2.91. The van der Waals surface area contributed by atoms with Crippen LogP contribution in [-0.2, 0) is 22.4 Å². The molecule has 1 aliphatic rings. The predicted octanol–water partition coefficient (Wildman–Crippen LogP) is 5.06. The maximum atomic E-state index is 12.5. The zero-order valence-corrected chi connectivity index (χ0v) is 17.1. The van der Waals surface area contributed by atoms with E-state index in [9.17, 15) is 9.59 Å². The first-order chi connectivity index (χ1) is 11.7. The zero-order valence-electron chi connectivity index (χ0n) is 16.3. The Bertz CT molecular complexity index is 646. The van der Waals surface area contributed by atoms with Crippen molar-refractivity contribution in [3.63, 3.8) is 0 Å². The minimum atomic E-state index is -0.313. The Labute approximate surface area is 155 Å². The molecule has 2 rings (SSSR count). The molecule has 1 atom stereocenters. The summed E-state index contributed by atoms with van der Waals surface area (Å²) in [5, 5.41) is 3.62. The third kappa shape index (κ3) is 4.25. The van der Waals surface area contributed by atoms with Gasteiger partial charge >= 0.3 is 5.97 Å². The smallest absolute Gasteiger partial charge is 0.341 e. The number of hydrogen-bond acceptors (Lipinski definition) is 4. The van der Waals surface area contributed by atoms with E-state index in [-0.39, 0.29) is 23.2 Å². The third-order valence-electron chi connectivity index (χ3n) is 5.52. The number of fused-ring (bicyclic) bond motifs is 1. The summed E-state index contributed by atoms with van der Waals surface area (Å²) in [6.07, 6.45) is 4.07. The number of carbonyl (C=O) groups is 2. The summed E-state index contributed by atoms with van der Waals surface area (Å²) in [7, 11) is 0. The number of esters is 1. The van der Waals surface area contributed by atoms with Crippen molar-refractivity contribution in [3.05, 3.63) is 16.0 Å². The van der Waals surface area contributed by atoms with E-state index in [4.69, 9.17) is 4.74 Å². The molecule has 0 saturated heterocycles. The molecule has 0 saturated carbocycles. The minimum Gasteiger partial charge on any atom is -0.462 e. The quantitative estimate of drug-likeness (QED) is 0.717. The molecule has 5 heteroatoms. The van der Waals surface area contributed by atoms with E-state index in [2.05, 4.69) is 26.1 Å². The van der Waals surface area contributed by atoms with Gasteiger partial charge in [0.1, 0.15) is 5.00 Å². The number of hydrogen-bond donors (Lipinski definition) is 1. The van der Waals surface area contributed by atoms with Crippen LogP contribution < -0.4 is 5.32 Å². The van der Waals surface area contributed by atoms with Crippen LogP contribution in [0.4, 0.5) is 5.00 Å². The van der Waals surface area contributed by atoms with E-state index < -0.39 is 0 Å². The van der Waals surface area contributed by atoms with Gasteiger partial charge in [-0.1, -0.05) is 41.0 Å². The molecule has 0 aliphatic heterocycles. The van der Waals surface area contributed by atoms with Gasteiger partial charge in [-0.05, 0) is 43.1 Å². The molecule has 0 fully saturated rings. The Hall–Kier alpha value is -1.36. The summed E-state index contributed by atoms with van der Waals surface area (Å²) in [5.74, 6) is 0.107. The maximum absolute atomic E-state index is 12.5. The maximum Gasteiger partial charge on any atom is 0.341 e. The van der Waals surface area contributed by atoms with E-state index in [0.717, 1.165) is 31.2 Å². The van der Waals surface area contributed by atoms with Crippen molar-refractivity contribution in [3.8, 4) is 0 Å². The van der Waals surface area contributed by atoms with Crippen molar-refractivity contribution in [1.29, 1.82) is 0 Å². The van der Waals surface area contributed by atoms with Gasteiger partial charge in [0.05, 0.1) is 12.2 Å². The fraction of sp³-hybridized carbons (Fsp3) is 0.700. The molecule has 0 radical (unpaired) electrons. The third-order valence-corrected chi connectivity index (χ3v) is 6.69. The van der Waals surface area contributed by atoms with Crippen LogP contribution in [0, 0.1) is 17.3 Å². The number of anilines is 1. The van der Waals surface area contributed by atoms with E-state index in [1.165, 1.54) is 4.88 Å². The topological polar surface area (TPSA) is 55.4 Å². The Balaban J connectivity index is 2.38. The number of ether oxygens (including phenoxy) is 1. The van der Waals surface area contributed by atoms with Crippen LogP contribution in [0.2, 0.25) is 0 Å². The Morgan fingerprint density at radius 2 is 2.00 bits per heavy atom. The number of nitrogens with one attached hydrogen (secondary N) is 1. The van der Waals surface area contributed by atoms with Crippen LogP contribution in [0.1, 0.15) is 75.2 Å². The molecular formula is C20H31NO3S. The normalized spacial score (nSPS) is 17.3. The van der Waals surface area contributed by atoms with Crippen LogP contribution in [0.15, 0.2) is 0 Å². The second-order valence-electron chi connectivity index (χ2n) is 7.85. The van der Waals surface area contributed by atoms with Gasteiger partial charge in [0.2, 0.25) is 5.91 Å². The van der Waals surface area contributed by atoms with Crippen LogP contribution in [0.25, 0.3) is 0 Å². The summed E-state index contributed by atoms with van der Waals surface area (Å²) in [6, 6.07) is 0. The van der Waals surface area contributed by atoms with E-state index in [1.54, 1.807) is 11.3 Å². The van der Waals surface area contributed by atoms with E-state index in [1.807, 2.05) is 20.8 Å². The molecule has 1 heterocycles. The molecule has 1 N–H and O–H groups in total. The summed E-state index contributed by atoms with van der Waals surface area (Å²) in [4.78, 5) is 25.9. The lowest BCUT2D eigenvalue weighted by atomic mass is 9.69. The molecule has 4 nitrogen and oxygen atoms in total. The average molecular weight is 366 g/mol. The van der Waals surface area contributed by atoms with Gasteiger partial charge in [-0.25, -0.2) is 4.79 Å². The first kappa shape index (κ1) is 20.0. The summed E-state index contributed by atoms with van der Waals surface area (Å²) in [6.45, 7) is 12.7. The molecule has 1 aromatic rings. The fourth-order valence-corrected chi connectivity index (χ4v) is 4.62. The lowest BCUT2D eigenvalue weighted by molar-refractivity contribution is -0.118. The first-order valence-electron chi connectivity index (χ1n) is 9.33. The van der Waals surface area contributed by atoms with Crippen molar-refractivity contribution in [2.45, 2.75) is 67.2 Å². The molecule has 0 bridgehead atoms. The predicted molar refractivity (Wildman–Crippen MR) is 103 cm³/mol. The molecule has 1 amide bonds. The number of rotatable bonds is 6. The van der Waals surface area contributed by atoms with Crippen LogP contribution in [-0.4, -0.2) is 18.5 Å². The van der Waals surface area contributed by atoms with Crippen LogP contribution in [0.5, 0.6) is 0 Å². The van der Waals surface area contributed by atoms with Gasteiger partial charge in [0.15, 0.2) is 0 Å². The molecule has 0 unspecified atom stereocenters. The van der Waals surface area contributed by atoms with E-state index >= 15 is 0 Å². The minimum absolute atomic E-state index is 0.0606. The highest BCUT2D eigenvalue weighted by molar-refractivity contribution is 7.17. The molecule has 1 aliphatic carbocycles. The summed E-state index contributed by atoms with van der Waals surface area (Å²) >= 11 is 1.56. The van der Waals surface area contributed by atoms with Crippen LogP contribution in [0.3, 0.4) is 0 Å². The highest BCUT2D eigenvalue weighted by atomic mass is 32.1. The van der Waals surface area contributed by atoms with Crippen molar-refractivity contribution in [2.24, 2.45) is 17.3 Å². The van der Waals surface area contributed by atoms with E-state index in [0.29, 0.717) is 23.1 Å². The Morgan fingerprint density at radius 3 is 2.56 bits per heavy atom. The standard InChI is InChI=1S/C20H31NO3S/c1-7-20(5,6)13-9-10-14-15(11-13)25-18(21-17(22)12(3)4)16(14)19(23)24-8-2/h12-13H,7-11H2,1-6H3,(H,21,22)/t13-/m0/s1. The molecule has 140 valence electrons. The Kier molecular flexibility index (Phi) is 6.30. The molecular weight excluding hydrogens is 334 g/mol. The van der Waals surface area contributed by atoms with Crippen LogP contribution >= 0.6 is 11.3 Å². The van der Waals surface area contributed by atoms with Gasteiger partial charge in [-0.3, -0.25) is 4.79 Å². The highest BCUT2D eigenvalue weighted by Crippen LogP contribution is 2.45. The van der Waals surface area contributed by atoms with Gasteiger partial charge in [-0.15, -0.1) is 11.3 Å². The van der Waals surface area contributed by atoms with Gasteiger partial charge in [0.25, 0.3) is 0 Å². The van der Waals surface area contributed by atoms with Crippen molar-refractivity contribution < 1.29 is 14.3 Å². The summed E-state index contributed by atoms with van der Waals surface area (Å²) < 4.78 is 5.27. The number of carbonyl (C=O) groups excluding carboxylic acids is 2. The van der Waals surface area contributed by atoms with Gasteiger partial charge < -0.3 is 10.1 Å². The van der Waals surface area contributed by atoms with Gasteiger partial charge in [-0.2, -0.15) is 0 Å². The lowest BCUT2D eigenvalue weighted by Gasteiger charge is -2.36. The Morgan fingerprint density at radius 1 is 1.32 bits per heavy atom. The monoisotopic (exact) mass is 365 g/mol. The first-order valence-corrected chi connectivity index (χ1v) is 10.1. The lowest BCUT2D eigenvalue weighted by Crippen LogP contribution is -2.28. The molecule has 25 heavy (non-hydrogen) atoms. The van der Waals surface area contributed by atoms with Crippen molar-refractivity contribution in [2.75, 3.05) is 11.9 Å². The second kappa shape index (κ2) is 7.90. The summed E-state index contributed by atoms with van der Waals surface area (Å²) in [5.41, 5.74) is 1.96. The second-order valence-corrected chi connectivity index (χ2v) is 8.96. The number of amides is 1. The van der Waals surface area contributed by atoms with Crippen molar-refractivity contribution >= 4 is 28.2 Å². The zero-order chi connectivity index (χ0) is 18.8. The largest absolute Gasteiger partial charge is 0.462 e. The van der Waals surface area contributed by atoms with Gasteiger partial charge in [0, 0.05) is 10.8 Å². The van der Waals surface area contributed by atoms with Crippen molar-refractivity contribution in [1.82, 2.24) is 0 Å². The fourth-order valence-electron chi connectivity index (χ4n) is 3.31. The molecule has 1 aromatic heterocycles.